The summed E-state index contributed by atoms with van der Waals surface area (Å²) in [5.41, 5.74) is -1.31. The van der Waals surface area contributed by atoms with Crippen LogP contribution in [-0.2, 0) is 14.3 Å². The summed E-state index contributed by atoms with van der Waals surface area (Å²) in [5.74, 6) is -0.543. The molecule has 1 rings (SSSR count). The van der Waals surface area contributed by atoms with E-state index in [4.69, 9.17) is 9.47 Å². The van der Waals surface area contributed by atoms with Crippen LogP contribution >= 0.6 is 0 Å². The molecule has 6 heteroatoms. The van der Waals surface area contributed by atoms with Crippen LogP contribution in [0.4, 0.5) is 4.79 Å². The fourth-order valence-corrected chi connectivity index (χ4v) is 1.53. The summed E-state index contributed by atoms with van der Waals surface area (Å²) in [4.78, 5) is 23.4. The van der Waals surface area contributed by atoms with Crippen LogP contribution in [0.3, 0.4) is 0 Å². The number of hydrogen-bond donors (Lipinski definition) is 2. The lowest BCUT2D eigenvalue weighted by atomic mass is 9.91. The summed E-state index contributed by atoms with van der Waals surface area (Å²) in [6, 6.07) is 0. The van der Waals surface area contributed by atoms with E-state index in [1.54, 1.807) is 13.8 Å². The Labute approximate surface area is 105 Å². The van der Waals surface area contributed by atoms with E-state index in [0.717, 1.165) is 0 Å². The number of aliphatic hydroxyl groups is 1. The molecule has 0 aromatic rings. The van der Waals surface area contributed by atoms with Gasteiger partial charge in [-0.3, -0.25) is 0 Å². The van der Waals surface area contributed by atoms with E-state index in [1.807, 2.05) is 0 Å². The number of alkyl carbamates (subject to hydrolysis) is 1. The van der Waals surface area contributed by atoms with Crippen molar-refractivity contribution in [1.82, 2.24) is 5.32 Å². The molecule has 1 aliphatic carbocycles. The first-order chi connectivity index (χ1) is 8.54. The molecule has 1 aliphatic rings. The van der Waals surface area contributed by atoms with E-state index in [-0.39, 0.29) is 25.4 Å². The summed E-state index contributed by atoms with van der Waals surface area (Å²) < 4.78 is 9.68. The van der Waals surface area contributed by atoms with Crippen molar-refractivity contribution in [3.63, 3.8) is 0 Å². The van der Waals surface area contributed by atoms with Crippen LogP contribution in [0.25, 0.3) is 0 Å². The third-order valence-electron chi connectivity index (χ3n) is 2.41. The Morgan fingerprint density at radius 1 is 1.39 bits per heavy atom. The summed E-state index contributed by atoms with van der Waals surface area (Å²) in [6.07, 6.45) is 3.59. The fraction of sp³-hybridized carbons (Fsp3) is 0.500. The molecular weight excluding hydrogens is 238 g/mol. The Morgan fingerprint density at radius 2 is 2.06 bits per heavy atom. The first kappa shape index (κ1) is 14.1. The lowest BCUT2D eigenvalue weighted by Crippen LogP contribution is -2.54. The van der Waals surface area contributed by atoms with Gasteiger partial charge in [0.25, 0.3) is 0 Å². The molecule has 0 saturated carbocycles. The summed E-state index contributed by atoms with van der Waals surface area (Å²) in [6.45, 7) is 3.75. The van der Waals surface area contributed by atoms with Crippen molar-refractivity contribution in [2.45, 2.75) is 25.8 Å². The minimum atomic E-state index is -1.31. The zero-order valence-corrected chi connectivity index (χ0v) is 10.4. The highest BCUT2D eigenvalue weighted by molar-refractivity contribution is 5.88. The number of allylic oxidation sites excluding steroid dienone is 1. The van der Waals surface area contributed by atoms with E-state index in [9.17, 15) is 14.7 Å². The number of carbonyl (C=O) groups is 2. The maximum atomic E-state index is 11.9. The van der Waals surface area contributed by atoms with Gasteiger partial charge >= 0.3 is 12.1 Å². The van der Waals surface area contributed by atoms with Gasteiger partial charge in [-0.1, -0.05) is 0 Å². The van der Waals surface area contributed by atoms with Gasteiger partial charge in [-0.05, 0) is 32.1 Å². The quantitative estimate of drug-likeness (QED) is 0.742. The molecule has 1 unspecified atom stereocenters. The van der Waals surface area contributed by atoms with Crippen LogP contribution in [0, 0.1) is 0 Å². The van der Waals surface area contributed by atoms with Crippen LogP contribution in [0.5, 0.6) is 0 Å². The van der Waals surface area contributed by atoms with Gasteiger partial charge in [-0.2, -0.15) is 0 Å². The summed E-state index contributed by atoms with van der Waals surface area (Å²) in [5, 5.41) is 11.7. The standard InChI is InChI=1S/C12H17NO5/c1-3-17-10(15)12(13-11(16)18-4-2)7-5-9(14)6-8-12/h5-7,14H,3-4,8H2,1-2H3,(H,13,16). The van der Waals surface area contributed by atoms with Crippen LogP contribution in [0.2, 0.25) is 0 Å². The Hall–Kier alpha value is -1.98. The topological polar surface area (TPSA) is 84.9 Å². The van der Waals surface area contributed by atoms with Crippen LogP contribution < -0.4 is 5.32 Å². The minimum absolute atomic E-state index is 0.0422. The van der Waals surface area contributed by atoms with Crippen LogP contribution in [-0.4, -0.2) is 35.9 Å². The fourth-order valence-electron chi connectivity index (χ4n) is 1.53. The number of aliphatic hydroxyl groups excluding tert-OH is 1. The van der Waals surface area contributed by atoms with Gasteiger partial charge in [-0.15, -0.1) is 0 Å². The molecule has 0 fully saturated rings. The molecule has 0 spiro atoms. The predicted molar refractivity (Wildman–Crippen MR) is 64.0 cm³/mol. The number of ether oxygens (including phenoxy) is 2. The van der Waals surface area contributed by atoms with Gasteiger partial charge in [0.1, 0.15) is 5.76 Å². The number of carbonyl (C=O) groups excluding carboxylic acids is 2. The summed E-state index contributed by atoms with van der Waals surface area (Å²) in [7, 11) is 0. The molecule has 1 atom stereocenters. The Morgan fingerprint density at radius 3 is 2.56 bits per heavy atom. The largest absolute Gasteiger partial charge is 0.508 e. The van der Waals surface area contributed by atoms with Gasteiger partial charge in [0.05, 0.1) is 13.2 Å². The first-order valence-electron chi connectivity index (χ1n) is 5.74. The third kappa shape index (κ3) is 3.26. The average Bonchev–Trinajstić information content (AvgIpc) is 2.33. The monoisotopic (exact) mass is 255 g/mol. The molecular formula is C12H17NO5. The lowest BCUT2D eigenvalue weighted by molar-refractivity contribution is -0.148. The molecule has 2 N–H and O–H groups in total. The highest BCUT2D eigenvalue weighted by Gasteiger charge is 2.40. The number of nitrogens with one attached hydrogen (secondary N) is 1. The normalized spacial score (nSPS) is 22.0. The number of amides is 1. The molecule has 0 saturated heterocycles. The van der Waals surface area contributed by atoms with Gasteiger partial charge in [0.15, 0.2) is 5.54 Å². The van der Waals surface area contributed by atoms with Gasteiger partial charge in [0, 0.05) is 6.42 Å². The van der Waals surface area contributed by atoms with E-state index in [0.29, 0.717) is 0 Å². The van der Waals surface area contributed by atoms with Crippen molar-refractivity contribution in [2.75, 3.05) is 13.2 Å². The van der Waals surface area contributed by atoms with Gasteiger partial charge < -0.3 is 19.9 Å². The van der Waals surface area contributed by atoms with Crippen molar-refractivity contribution in [3.05, 3.63) is 24.0 Å². The predicted octanol–water partition coefficient (Wildman–Crippen LogP) is 1.44. The molecule has 0 radical (unpaired) electrons. The molecule has 0 aliphatic heterocycles. The Kier molecular flexibility index (Phi) is 4.76. The van der Waals surface area contributed by atoms with Crippen molar-refractivity contribution in [2.24, 2.45) is 0 Å². The average molecular weight is 255 g/mol. The van der Waals surface area contributed by atoms with E-state index in [2.05, 4.69) is 5.32 Å². The lowest BCUT2D eigenvalue weighted by Gasteiger charge is -2.29. The van der Waals surface area contributed by atoms with Crippen molar-refractivity contribution in [1.29, 1.82) is 0 Å². The molecule has 1 amide bonds. The zero-order valence-electron chi connectivity index (χ0n) is 10.4. The molecule has 6 nitrogen and oxygen atoms in total. The second-order valence-electron chi connectivity index (χ2n) is 3.70. The van der Waals surface area contributed by atoms with Crippen molar-refractivity contribution >= 4 is 12.1 Å². The molecule has 18 heavy (non-hydrogen) atoms. The number of rotatable bonds is 4. The first-order valence-corrected chi connectivity index (χ1v) is 5.74. The highest BCUT2D eigenvalue weighted by Crippen LogP contribution is 2.22. The molecule has 0 aromatic heterocycles. The highest BCUT2D eigenvalue weighted by atomic mass is 16.6. The van der Waals surface area contributed by atoms with Crippen LogP contribution in [0.15, 0.2) is 24.0 Å². The number of esters is 1. The zero-order chi connectivity index (χ0) is 13.6. The minimum Gasteiger partial charge on any atom is -0.508 e. The molecule has 0 aromatic carbocycles. The van der Waals surface area contributed by atoms with Crippen LogP contribution in [0.1, 0.15) is 20.3 Å². The SMILES string of the molecule is CCOC(=O)NC1(C(=O)OCC)C=CC(O)=CC1. The van der Waals surface area contributed by atoms with Crippen molar-refractivity contribution < 1.29 is 24.2 Å². The smallest absolute Gasteiger partial charge is 0.408 e. The van der Waals surface area contributed by atoms with E-state index >= 15 is 0 Å². The molecule has 0 bridgehead atoms. The Bertz CT molecular complexity index is 388. The third-order valence-corrected chi connectivity index (χ3v) is 2.41. The summed E-state index contributed by atoms with van der Waals surface area (Å²) >= 11 is 0. The molecule has 100 valence electrons. The number of hydrogen-bond acceptors (Lipinski definition) is 5. The Balaban J connectivity index is 2.86. The van der Waals surface area contributed by atoms with Crippen molar-refractivity contribution in [3.8, 4) is 0 Å². The van der Waals surface area contributed by atoms with E-state index in [1.165, 1.54) is 18.2 Å². The van der Waals surface area contributed by atoms with E-state index < -0.39 is 17.6 Å². The second-order valence-corrected chi connectivity index (χ2v) is 3.70. The molecule has 0 heterocycles. The maximum Gasteiger partial charge on any atom is 0.408 e. The maximum absolute atomic E-state index is 11.9. The van der Waals surface area contributed by atoms with Gasteiger partial charge in [-0.25, -0.2) is 9.59 Å². The van der Waals surface area contributed by atoms with Gasteiger partial charge in [0.2, 0.25) is 0 Å². The second kappa shape index (κ2) is 6.09.